The van der Waals surface area contributed by atoms with Gasteiger partial charge in [-0.2, -0.15) is 0 Å². The summed E-state index contributed by atoms with van der Waals surface area (Å²) in [7, 11) is 6.55. The lowest BCUT2D eigenvalue weighted by Crippen LogP contribution is -2.28. The zero-order valence-electron chi connectivity index (χ0n) is 9.09. The van der Waals surface area contributed by atoms with Gasteiger partial charge in [0.05, 0.1) is 0 Å². The molecule has 0 saturated heterocycles. The number of fused-ring (bicyclic) bond motifs is 1. The first-order valence-corrected chi connectivity index (χ1v) is 5.54. The fourth-order valence-corrected chi connectivity index (χ4v) is 3.24. The second-order valence-corrected chi connectivity index (χ2v) is 5.07. The van der Waals surface area contributed by atoms with Gasteiger partial charge in [0.1, 0.15) is 0 Å². The summed E-state index contributed by atoms with van der Waals surface area (Å²) in [6.07, 6.45) is 5.72. The van der Waals surface area contributed by atoms with Gasteiger partial charge in [-0.15, -0.1) is 0 Å². The van der Waals surface area contributed by atoms with Crippen molar-refractivity contribution in [3.8, 4) is 0 Å². The molecule has 76 valence electrons. The van der Waals surface area contributed by atoms with Crippen LogP contribution in [-0.2, 0) is 0 Å². The van der Waals surface area contributed by atoms with Crippen molar-refractivity contribution >= 4 is 0 Å². The average Bonchev–Trinajstić information content (AvgIpc) is 2.58. The highest BCUT2D eigenvalue weighted by Crippen LogP contribution is 2.45. The van der Waals surface area contributed by atoms with Gasteiger partial charge in [-0.05, 0) is 58.7 Å². The second kappa shape index (κ2) is 3.58. The summed E-state index contributed by atoms with van der Waals surface area (Å²) in [6, 6.07) is 1.69. The van der Waals surface area contributed by atoms with Crippen molar-refractivity contribution in [2.45, 2.75) is 37.8 Å². The Morgan fingerprint density at radius 1 is 1.00 bits per heavy atom. The molecule has 0 bridgehead atoms. The lowest BCUT2D eigenvalue weighted by Gasteiger charge is -2.20. The van der Waals surface area contributed by atoms with Crippen LogP contribution in [0.4, 0.5) is 0 Å². The fourth-order valence-electron chi connectivity index (χ4n) is 3.24. The van der Waals surface area contributed by atoms with Gasteiger partial charge >= 0.3 is 0 Å². The van der Waals surface area contributed by atoms with E-state index in [1.54, 1.807) is 0 Å². The second-order valence-electron chi connectivity index (χ2n) is 5.07. The summed E-state index contributed by atoms with van der Waals surface area (Å²) in [5, 5.41) is 3.42. The molecule has 13 heavy (non-hydrogen) atoms. The molecule has 2 rings (SSSR count). The first-order chi connectivity index (χ1) is 6.20. The third-order valence-corrected chi connectivity index (χ3v) is 4.13. The highest BCUT2D eigenvalue weighted by molar-refractivity contribution is 4.96. The van der Waals surface area contributed by atoms with Gasteiger partial charge in [0, 0.05) is 12.1 Å². The molecule has 0 aromatic rings. The predicted octanol–water partition coefficient (Wildman–Crippen LogP) is 1.32. The van der Waals surface area contributed by atoms with Gasteiger partial charge < -0.3 is 10.2 Å². The van der Waals surface area contributed by atoms with Crippen molar-refractivity contribution < 1.29 is 0 Å². The first-order valence-electron chi connectivity index (χ1n) is 5.54. The average molecular weight is 182 g/mol. The Morgan fingerprint density at radius 3 is 1.92 bits per heavy atom. The van der Waals surface area contributed by atoms with Crippen molar-refractivity contribution in [2.75, 3.05) is 21.1 Å². The van der Waals surface area contributed by atoms with Crippen LogP contribution in [0.5, 0.6) is 0 Å². The van der Waals surface area contributed by atoms with Crippen molar-refractivity contribution in [3.63, 3.8) is 0 Å². The quantitative estimate of drug-likeness (QED) is 0.693. The molecule has 2 heteroatoms. The number of nitrogens with one attached hydrogen (secondary N) is 1. The number of nitrogens with zero attached hydrogens (tertiary/aromatic N) is 1. The monoisotopic (exact) mass is 182 g/mol. The van der Waals surface area contributed by atoms with E-state index in [1.165, 1.54) is 25.7 Å². The minimum absolute atomic E-state index is 0.818. The summed E-state index contributed by atoms with van der Waals surface area (Å²) in [5.41, 5.74) is 0. The van der Waals surface area contributed by atoms with Gasteiger partial charge in [0.2, 0.25) is 0 Å². The van der Waals surface area contributed by atoms with E-state index in [1.807, 2.05) is 0 Å². The Kier molecular flexibility index (Phi) is 2.61. The molecule has 0 aromatic heterocycles. The van der Waals surface area contributed by atoms with Crippen molar-refractivity contribution in [3.05, 3.63) is 0 Å². The molecule has 2 nitrogen and oxygen atoms in total. The topological polar surface area (TPSA) is 15.3 Å². The van der Waals surface area contributed by atoms with Crippen LogP contribution in [0.2, 0.25) is 0 Å². The Bertz CT molecular complexity index is 165. The molecule has 0 aliphatic heterocycles. The van der Waals surface area contributed by atoms with Crippen LogP contribution in [-0.4, -0.2) is 38.1 Å². The zero-order chi connectivity index (χ0) is 9.42. The van der Waals surface area contributed by atoms with Gasteiger partial charge in [-0.1, -0.05) is 0 Å². The summed E-state index contributed by atoms with van der Waals surface area (Å²) < 4.78 is 0. The molecular weight excluding hydrogens is 160 g/mol. The molecule has 2 saturated carbocycles. The third kappa shape index (κ3) is 1.75. The molecule has 0 heterocycles. The normalized spacial score (nSPS) is 44.3. The summed E-state index contributed by atoms with van der Waals surface area (Å²) in [6.45, 7) is 0. The van der Waals surface area contributed by atoms with Crippen LogP contribution < -0.4 is 5.32 Å². The smallest absolute Gasteiger partial charge is 0.00946 e. The molecule has 0 spiro atoms. The highest BCUT2D eigenvalue weighted by Gasteiger charge is 2.41. The molecule has 1 N–H and O–H groups in total. The minimum atomic E-state index is 0.818. The van der Waals surface area contributed by atoms with E-state index in [0.717, 1.165) is 23.9 Å². The van der Waals surface area contributed by atoms with Crippen LogP contribution in [0.15, 0.2) is 0 Å². The van der Waals surface area contributed by atoms with Crippen LogP contribution in [0, 0.1) is 11.8 Å². The number of hydrogen-bond acceptors (Lipinski definition) is 2. The van der Waals surface area contributed by atoms with Gasteiger partial charge in [-0.3, -0.25) is 0 Å². The van der Waals surface area contributed by atoms with Gasteiger partial charge in [-0.25, -0.2) is 0 Å². The molecule has 2 unspecified atom stereocenters. The fraction of sp³-hybridized carbons (Fsp3) is 1.00. The van der Waals surface area contributed by atoms with E-state index < -0.39 is 0 Å². The Balaban J connectivity index is 1.89. The SMILES string of the molecule is CNC1C[C@@H]2CC(N(C)C)C[C@@H]2C1. The van der Waals surface area contributed by atoms with E-state index in [9.17, 15) is 0 Å². The van der Waals surface area contributed by atoms with Crippen LogP contribution in [0.3, 0.4) is 0 Å². The molecule has 2 aliphatic rings. The third-order valence-electron chi connectivity index (χ3n) is 4.13. The van der Waals surface area contributed by atoms with Gasteiger partial charge in [0.25, 0.3) is 0 Å². The van der Waals surface area contributed by atoms with Crippen molar-refractivity contribution in [1.82, 2.24) is 10.2 Å². The Labute approximate surface area is 81.7 Å². The molecular formula is C11H22N2. The molecule has 0 aromatic carbocycles. The number of hydrogen-bond donors (Lipinski definition) is 1. The van der Waals surface area contributed by atoms with E-state index in [2.05, 4.69) is 31.4 Å². The standard InChI is InChI=1S/C11H22N2/c1-12-10-4-8-6-11(13(2)3)7-9(8)5-10/h8-12H,4-7H2,1-3H3/t8-,9+,10?,11?. The highest BCUT2D eigenvalue weighted by atomic mass is 15.1. The van der Waals surface area contributed by atoms with E-state index in [-0.39, 0.29) is 0 Å². The molecule has 0 radical (unpaired) electrons. The van der Waals surface area contributed by atoms with E-state index in [0.29, 0.717) is 0 Å². The predicted molar refractivity (Wildman–Crippen MR) is 55.8 cm³/mol. The lowest BCUT2D eigenvalue weighted by molar-refractivity contribution is 0.279. The maximum atomic E-state index is 3.42. The summed E-state index contributed by atoms with van der Waals surface area (Å²) in [4.78, 5) is 2.41. The van der Waals surface area contributed by atoms with Gasteiger partial charge in [0.15, 0.2) is 0 Å². The molecule has 2 aliphatic carbocycles. The maximum absolute atomic E-state index is 3.42. The van der Waals surface area contributed by atoms with Crippen LogP contribution in [0.25, 0.3) is 0 Å². The van der Waals surface area contributed by atoms with Crippen LogP contribution in [0.1, 0.15) is 25.7 Å². The largest absolute Gasteiger partial charge is 0.317 e. The Hall–Kier alpha value is -0.0800. The maximum Gasteiger partial charge on any atom is 0.00946 e. The summed E-state index contributed by atoms with van der Waals surface area (Å²) >= 11 is 0. The minimum Gasteiger partial charge on any atom is -0.317 e. The molecule has 4 atom stereocenters. The van der Waals surface area contributed by atoms with E-state index >= 15 is 0 Å². The Morgan fingerprint density at radius 2 is 1.54 bits per heavy atom. The first kappa shape index (κ1) is 9.47. The van der Waals surface area contributed by atoms with Crippen molar-refractivity contribution in [2.24, 2.45) is 11.8 Å². The molecule has 0 amide bonds. The zero-order valence-corrected chi connectivity index (χ0v) is 9.09. The number of rotatable bonds is 2. The van der Waals surface area contributed by atoms with E-state index in [4.69, 9.17) is 0 Å². The summed E-state index contributed by atoms with van der Waals surface area (Å²) in [5.74, 6) is 2.04. The van der Waals surface area contributed by atoms with Crippen molar-refractivity contribution in [1.29, 1.82) is 0 Å². The molecule has 2 fully saturated rings. The lowest BCUT2D eigenvalue weighted by atomic mass is 10.0. The van der Waals surface area contributed by atoms with Crippen LogP contribution >= 0.6 is 0 Å².